The molecule has 2 nitrogen and oxygen atoms in total. The third-order valence-electron chi connectivity index (χ3n) is 3.60. The molecule has 0 aromatic heterocycles. The van der Waals surface area contributed by atoms with Crippen molar-refractivity contribution >= 4 is 27.5 Å². The summed E-state index contributed by atoms with van der Waals surface area (Å²) in [6.07, 6.45) is 2.44. The fourth-order valence-corrected chi connectivity index (χ4v) is 3.47. The van der Waals surface area contributed by atoms with E-state index < -0.39 is 0 Å². The molecule has 2 N–H and O–H groups in total. The maximum Gasteiger partial charge on any atom is 0.0464 e. The molecule has 2 atom stereocenters. The van der Waals surface area contributed by atoms with Crippen LogP contribution in [0, 0.1) is 0 Å². The van der Waals surface area contributed by atoms with Gasteiger partial charge in [0.05, 0.1) is 0 Å². The predicted octanol–water partition coefficient (Wildman–Crippen LogP) is 3.59. The fourth-order valence-electron chi connectivity index (χ4n) is 2.64. The van der Waals surface area contributed by atoms with Crippen molar-refractivity contribution in [2.45, 2.75) is 31.8 Å². The SMILES string of the molecule is CC(c1ccc(Br)cc1Cl)N1CCCC1CN. The van der Waals surface area contributed by atoms with Crippen LogP contribution < -0.4 is 5.73 Å². The molecule has 0 bridgehead atoms. The molecule has 2 rings (SSSR count). The Kier molecular flexibility index (Phi) is 4.47. The van der Waals surface area contributed by atoms with Crippen LogP contribution in [0.4, 0.5) is 0 Å². The van der Waals surface area contributed by atoms with E-state index in [2.05, 4.69) is 33.8 Å². The number of hydrogen-bond acceptors (Lipinski definition) is 2. The lowest BCUT2D eigenvalue weighted by Crippen LogP contribution is -2.37. The number of halogens is 2. The minimum absolute atomic E-state index is 0.339. The summed E-state index contributed by atoms with van der Waals surface area (Å²) in [5.74, 6) is 0. The van der Waals surface area contributed by atoms with Gasteiger partial charge in [-0.05, 0) is 44.0 Å². The lowest BCUT2D eigenvalue weighted by molar-refractivity contribution is 0.197. The first-order valence-corrected chi connectivity index (χ1v) is 7.21. The molecular weight excluding hydrogens is 300 g/mol. The molecule has 1 aromatic carbocycles. The van der Waals surface area contributed by atoms with Gasteiger partial charge in [0.15, 0.2) is 0 Å². The Balaban J connectivity index is 2.21. The Labute approximate surface area is 116 Å². The monoisotopic (exact) mass is 316 g/mol. The molecule has 1 fully saturated rings. The number of likely N-dealkylation sites (tertiary alicyclic amines) is 1. The third-order valence-corrected chi connectivity index (χ3v) is 4.43. The highest BCUT2D eigenvalue weighted by Gasteiger charge is 2.28. The van der Waals surface area contributed by atoms with Gasteiger partial charge in [0.25, 0.3) is 0 Å². The maximum absolute atomic E-state index is 6.31. The standard InChI is InChI=1S/C13H18BrClN2/c1-9(17-6-2-3-11(17)8-16)12-5-4-10(14)7-13(12)15/h4-5,7,9,11H,2-3,6,8,16H2,1H3. The molecule has 0 aliphatic carbocycles. The summed E-state index contributed by atoms with van der Waals surface area (Å²) in [4.78, 5) is 2.47. The first-order chi connectivity index (χ1) is 8.13. The molecule has 94 valence electrons. The topological polar surface area (TPSA) is 29.3 Å². The second-order valence-electron chi connectivity index (χ2n) is 4.61. The first-order valence-electron chi connectivity index (χ1n) is 6.04. The van der Waals surface area contributed by atoms with Crippen LogP contribution in [0.25, 0.3) is 0 Å². The first kappa shape index (κ1) is 13.3. The summed E-state index contributed by atoms with van der Waals surface area (Å²) in [6.45, 7) is 4.07. The maximum atomic E-state index is 6.31. The average Bonchev–Trinajstić information content (AvgIpc) is 2.76. The second kappa shape index (κ2) is 5.70. The molecule has 1 aliphatic rings. The highest BCUT2D eigenvalue weighted by atomic mass is 79.9. The van der Waals surface area contributed by atoms with Crippen LogP contribution in [-0.2, 0) is 0 Å². The molecule has 0 radical (unpaired) electrons. The van der Waals surface area contributed by atoms with Crippen LogP contribution in [0.3, 0.4) is 0 Å². The quantitative estimate of drug-likeness (QED) is 0.923. The van der Waals surface area contributed by atoms with Crippen molar-refractivity contribution in [1.29, 1.82) is 0 Å². The molecule has 0 spiro atoms. The smallest absolute Gasteiger partial charge is 0.0464 e. The molecule has 0 amide bonds. The van der Waals surface area contributed by atoms with Gasteiger partial charge in [-0.1, -0.05) is 33.6 Å². The van der Waals surface area contributed by atoms with Crippen molar-refractivity contribution in [2.24, 2.45) is 5.73 Å². The van der Waals surface area contributed by atoms with Crippen LogP contribution >= 0.6 is 27.5 Å². The van der Waals surface area contributed by atoms with Gasteiger partial charge in [-0.2, -0.15) is 0 Å². The van der Waals surface area contributed by atoms with E-state index >= 15 is 0 Å². The molecular formula is C13H18BrClN2. The van der Waals surface area contributed by atoms with Crippen molar-refractivity contribution in [2.75, 3.05) is 13.1 Å². The van der Waals surface area contributed by atoms with Gasteiger partial charge >= 0.3 is 0 Å². The van der Waals surface area contributed by atoms with Crippen molar-refractivity contribution in [3.63, 3.8) is 0 Å². The van der Waals surface area contributed by atoms with Crippen LogP contribution in [0.2, 0.25) is 5.02 Å². The van der Waals surface area contributed by atoms with Gasteiger partial charge in [0, 0.05) is 28.1 Å². The minimum atomic E-state index is 0.339. The Bertz CT molecular complexity index is 397. The zero-order valence-electron chi connectivity index (χ0n) is 10.00. The zero-order valence-corrected chi connectivity index (χ0v) is 12.3. The second-order valence-corrected chi connectivity index (χ2v) is 5.93. The van der Waals surface area contributed by atoms with E-state index in [0.717, 1.165) is 22.6 Å². The van der Waals surface area contributed by atoms with E-state index in [1.807, 2.05) is 12.1 Å². The van der Waals surface area contributed by atoms with Gasteiger partial charge in [-0.25, -0.2) is 0 Å². The molecule has 17 heavy (non-hydrogen) atoms. The summed E-state index contributed by atoms with van der Waals surface area (Å²) >= 11 is 9.74. The van der Waals surface area contributed by atoms with Crippen LogP contribution in [0.1, 0.15) is 31.4 Å². The fraction of sp³-hybridized carbons (Fsp3) is 0.538. The van der Waals surface area contributed by atoms with Crippen LogP contribution in [-0.4, -0.2) is 24.0 Å². The Morgan fingerprint density at radius 1 is 1.59 bits per heavy atom. The molecule has 1 aliphatic heterocycles. The van der Waals surface area contributed by atoms with Crippen LogP contribution in [0.5, 0.6) is 0 Å². The Morgan fingerprint density at radius 3 is 3.00 bits per heavy atom. The van der Waals surface area contributed by atoms with Gasteiger partial charge in [-0.15, -0.1) is 0 Å². The van der Waals surface area contributed by atoms with Crippen molar-refractivity contribution < 1.29 is 0 Å². The highest BCUT2D eigenvalue weighted by Crippen LogP contribution is 2.33. The molecule has 1 heterocycles. The number of nitrogens with two attached hydrogens (primary N) is 1. The lowest BCUT2D eigenvalue weighted by atomic mass is 10.1. The summed E-state index contributed by atoms with van der Waals surface area (Å²) in [5.41, 5.74) is 7.01. The summed E-state index contributed by atoms with van der Waals surface area (Å²) in [7, 11) is 0. The van der Waals surface area contributed by atoms with Gasteiger partial charge in [-0.3, -0.25) is 4.90 Å². The average molecular weight is 318 g/mol. The minimum Gasteiger partial charge on any atom is -0.329 e. The lowest BCUT2D eigenvalue weighted by Gasteiger charge is -2.30. The van der Waals surface area contributed by atoms with Gasteiger partial charge in [0.1, 0.15) is 0 Å². The van der Waals surface area contributed by atoms with Gasteiger partial charge < -0.3 is 5.73 Å². The van der Waals surface area contributed by atoms with E-state index in [-0.39, 0.29) is 0 Å². The number of rotatable bonds is 3. The Hall–Kier alpha value is -0.0900. The summed E-state index contributed by atoms with van der Waals surface area (Å²) < 4.78 is 1.02. The van der Waals surface area contributed by atoms with Crippen LogP contribution in [0.15, 0.2) is 22.7 Å². The van der Waals surface area contributed by atoms with E-state index in [0.29, 0.717) is 12.1 Å². The molecule has 2 unspecified atom stereocenters. The third kappa shape index (κ3) is 2.84. The van der Waals surface area contributed by atoms with E-state index in [1.54, 1.807) is 0 Å². The number of benzene rings is 1. The largest absolute Gasteiger partial charge is 0.329 e. The van der Waals surface area contributed by atoms with Crippen molar-refractivity contribution in [3.8, 4) is 0 Å². The predicted molar refractivity (Wildman–Crippen MR) is 76.3 cm³/mol. The van der Waals surface area contributed by atoms with E-state index in [1.165, 1.54) is 18.4 Å². The molecule has 1 aromatic rings. The van der Waals surface area contributed by atoms with Crippen molar-refractivity contribution in [1.82, 2.24) is 4.90 Å². The molecule has 1 saturated heterocycles. The molecule has 4 heteroatoms. The van der Waals surface area contributed by atoms with E-state index in [4.69, 9.17) is 17.3 Å². The number of nitrogens with zero attached hydrogens (tertiary/aromatic N) is 1. The molecule has 0 saturated carbocycles. The summed E-state index contributed by atoms with van der Waals surface area (Å²) in [5, 5.41) is 0.828. The van der Waals surface area contributed by atoms with Crippen molar-refractivity contribution in [3.05, 3.63) is 33.3 Å². The summed E-state index contributed by atoms with van der Waals surface area (Å²) in [6, 6.07) is 6.95. The Morgan fingerprint density at radius 2 is 2.35 bits per heavy atom. The normalized spacial score (nSPS) is 22.9. The highest BCUT2D eigenvalue weighted by molar-refractivity contribution is 9.10. The number of hydrogen-bond donors (Lipinski definition) is 1. The van der Waals surface area contributed by atoms with Gasteiger partial charge in [0.2, 0.25) is 0 Å². The van der Waals surface area contributed by atoms with E-state index in [9.17, 15) is 0 Å². The zero-order chi connectivity index (χ0) is 12.4.